The van der Waals surface area contributed by atoms with Gasteiger partial charge in [0, 0.05) is 80.2 Å². The van der Waals surface area contributed by atoms with Crippen molar-refractivity contribution < 1.29 is 27.9 Å². The number of benzene rings is 3. The maximum atomic E-state index is 14.0. The number of pyridine rings is 1. The Labute approximate surface area is 354 Å². The number of ether oxygens (including phenoxy) is 2. The minimum atomic E-state index is -4.39. The second-order valence-corrected chi connectivity index (χ2v) is 18.9. The first-order chi connectivity index (χ1) is 28.9. The number of sulfonamides is 1. The Bertz CT molecular complexity index is 2710. The Balaban J connectivity index is 0.948. The molecule has 0 bridgehead atoms. The van der Waals surface area contributed by atoms with Crippen molar-refractivity contribution in [3.8, 4) is 11.5 Å². The summed E-state index contributed by atoms with van der Waals surface area (Å²) in [7, 11) is -4.39. The summed E-state index contributed by atoms with van der Waals surface area (Å²) in [6.07, 6.45) is 7.98. The number of hydrogen-bond donors (Lipinski definition) is 3. The van der Waals surface area contributed by atoms with E-state index in [0.717, 1.165) is 72.8 Å². The van der Waals surface area contributed by atoms with Crippen LogP contribution >= 0.6 is 11.6 Å². The van der Waals surface area contributed by atoms with Gasteiger partial charge in [-0.15, -0.1) is 0 Å². The van der Waals surface area contributed by atoms with Gasteiger partial charge in [0.1, 0.15) is 28.5 Å². The Kier molecular flexibility index (Phi) is 10.8. The molecule has 3 N–H and O–H groups in total. The van der Waals surface area contributed by atoms with Crippen LogP contribution < -0.4 is 14.4 Å². The zero-order valence-electron chi connectivity index (χ0n) is 33.7. The van der Waals surface area contributed by atoms with Crippen LogP contribution in [0.25, 0.3) is 27.6 Å². The number of fused-ring (bicyclic) bond motifs is 2. The van der Waals surface area contributed by atoms with E-state index in [4.69, 9.17) is 21.1 Å². The Hall–Kier alpha value is -5.41. The summed E-state index contributed by atoms with van der Waals surface area (Å²) in [6.45, 7) is 9.92. The third-order valence-electron chi connectivity index (χ3n) is 12.1. The van der Waals surface area contributed by atoms with Gasteiger partial charge >= 0.3 is 0 Å². The van der Waals surface area contributed by atoms with Crippen molar-refractivity contribution in [3.05, 3.63) is 113 Å². The van der Waals surface area contributed by atoms with Crippen LogP contribution in [0.1, 0.15) is 73.6 Å². The molecule has 60 heavy (non-hydrogen) atoms. The van der Waals surface area contributed by atoms with Gasteiger partial charge in [0.25, 0.3) is 15.9 Å². The number of hydrogen-bond acceptors (Lipinski definition) is 10. The highest BCUT2D eigenvalue weighted by Crippen LogP contribution is 2.43. The molecular weight excluding hydrogens is 802 g/mol. The number of nitrogens with zero attached hydrogens (tertiary/aromatic N) is 5. The van der Waals surface area contributed by atoms with E-state index in [2.05, 4.69) is 55.5 Å². The normalized spacial score (nSPS) is 18.0. The lowest BCUT2D eigenvalue weighted by Crippen LogP contribution is -2.47. The van der Waals surface area contributed by atoms with E-state index in [1.54, 1.807) is 24.5 Å². The molecule has 2 aliphatic heterocycles. The van der Waals surface area contributed by atoms with Crippen molar-refractivity contribution in [3.63, 3.8) is 0 Å². The van der Waals surface area contributed by atoms with Crippen LogP contribution in [-0.2, 0) is 14.8 Å². The largest absolute Gasteiger partial charge is 0.455 e. The number of imidazole rings is 1. The molecule has 0 spiro atoms. The van der Waals surface area contributed by atoms with Crippen LogP contribution in [0.4, 0.5) is 5.69 Å². The second kappa shape index (κ2) is 16.2. The van der Waals surface area contributed by atoms with E-state index >= 15 is 0 Å². The van der Waals surface area contributed by atoms with Crippen molar-refractivity contribution in [2.45, 2.75) is 56.8 Å². The molecule has 312 valence electrons. The van der Waals surface area contributed by atoms with Crippen LogP contribution in [0.5, 0.6) is 11.5 Å². The molecule has 5 heterocycles. The molecule has 0 radical (unpaired) electrons. The molecule has 0 unspecified atom stereocenters. The number of rotatable bonds is 10. The quantitative estimate of drug-likeness (QED) is 0.115. The lowest BCUT2D eigenvalue weighted by molar-refractivity contribution is 0.0765. The molecule has 15 heteroatoms. The van der Waals surface area contributed by atoms with E-state index in [1.807, 2.05) is 30.3 Å². The fraction of sp³-hybridized carbons (Fsp3) is 0.356. The fourth-order valence-electron chi connectivity index (χ4n) is 8.66. The number of nitrogens with one attached hydrogen (secondary N) is 2. The first-order valence-electron chi connectivity index (χ1n) is 20.4. The number of allylic oxidation sites excluding steroid dienone is 1. The smallest absolute Gasteiger partial charge is 0.268 e. The van der Waals surface area contributed by atoms with Gasteiger partial charge in [0.15, 0.2) is 0 Å². The molecule has 13 nitrogen and oxygen atoms in total. The minimum Gasteiger partial charge on any atom is -0.455 e. The number of aromatic amines is 1. The minimum absolute atomic E-state index is 0.0182. The van der Waals surface area contributed by atoms with Crippen LogP contribution in [0.3, 0.4) is 0 Å². The maximum absolute atomic E-state index is 14.0. The molecule has 3 aromatic carbocycles. The molecule has 1 amide bonds. The van der Waals surface area contributed by atoms with Gasteiger partial charge < -0.3 is 24.6 Å². The van der Waals surface area contributed by atoms with Crippen molar-refractivity contribution in [2.24, 2.45) is 5.41 Å². The number of carbonyl (C=O) groups excluding carboxylic acids is 1. The van der Waals surface area contributed by atoms with E-state index in [-0.39, 0.29) is 33.1 Å². The predicted molar refractivity (Wildman–Crippen MR) is 232 cm³/mol. The summed E-state index contributed by atoms with van der Waals surface area (Å²) in [6, 6.07) is 21.3. The third-order valence-corrected chi connectivity index (χ3v) is 13.7. The lowest BCUT2D eigenvalue weighted by Gasteiger charge is -2.39. The summed E-state index contributed by atoms with van der Waals surface area (Å²) in [4.78, 5) is 30.6. The maximum Gasteiger partial charge on any atom is 0.268 e. The van der Waals surface area contributed by atoms with Gasteiger partial charge in [-0.3, -0.25) is 9.69 Å². The molecule has 1 aliphatic carbocycles. The molecule has 0 atom stereocenters. The zero-order chi connectivity index (χ0) is 41.6. The van der Waals surface area contributed by atoms with Crippen LogP contribution in [0.2, 0.25) is 5.02 Å². The summed E-state index contributed by atoms with van der Waals surface area (Å²) < 4.78 is 42.5. The summed E-state index contributed by atoms with van der Waals surface area (Å²) in [5.41, 5.74) is 6.64. The van der Waals surface area contributed by atoms with Gasteiger partial charge in [0.05, 0.1) is 22.2 Å². The molecule has 0 saturated carbocycles. The monoisotopic (exact) mass is 849 g/mol. The van der Waals surface area contributed by atoms with Crippen LogP contribution in [0, 0.1) is 5.41 Å². The van der Waals surface area contributed by atoms with E-state index < -0.39 is 15.9 Å². The van der Waals surface area contributed by atoms with E-state index in [9.17, 15) is 18.4 Å². The summed E-state index contributed by atoms with van der Waals surface area (Å²) in [5.74, 6) is 0.153. The third kappa shape index (κ3) is 8.33. The highest BCUT2D eigenvalue weighted by molar-refractivity contribution is 7.90. The molecule has 3 aromatic heterocycles. The first kappa shape index (κ1) is 40.0. The topological polar surface area (TPSA) is 155 Å². The van der Waals surface area contributed by atoms with Crippen molar-refractivity contribution in [2.75, 3.05) is 50.8 Å². The van der Waals surface area contributed by atoms with Crippen molar-refractivity contribution in [1.82, 2.24) is 29.3 Å². The summed E-state index contributed by atoms with van der Waals surface area (Å²) >= 11 is 6.25. The van der Waals surface area contributed by atoms with Gasteiger partial charge in [-0.05, 0) is 103 Å². The average molecular weight is 850 g/mol. The molecule has 6 aromatic rings. The SMILES string of the molecule is CC1(C)CCC(CN2CCN(c3ccc(C(=O)NS(=O)(=O)c4ccc5nc(C6CCOCC6)n(O)c5c4)c(Oc4cnc5[nH]ccc5c4)c3)CC2)=C(c2ccc(Cl)cc2)C1. The van der Waals surface area contributed by atoms with Gasteiger partial charge in [0.2, 0.25) is 0 Å². The highest BCUT2D eigenvalue weighted by atomic mass is 35.5. The second-order valence-electron chi connectivity index (χ2n) is 16.8. The fourth-order valence-corrected chi connectivity index (χ4v) is 9.78. The number of amides is 1. The zero-order valence-corrected chi connectivity index (χ0v) is 35.2. The lowest BCUT2D eigenvalue weighted by atomic mass is 9.72. The molecule has 3 aliphatic rings. The number of halogens is 1. The highest BCUT2D eigenvalue weighted by Gasteiger charge is 2.31. The standard InChI is InChI=1S/C45H48ClN7O6S/c1-45(2)15-11-32(38(26-45)29-3-5-33(46)6-4-29)28-51-17-19-52(20-18-51)34-7-9-37(41(24-34)59-35-23-31-12-16-47-42(31)48-27-35)44(54)50-60(56,57)36-8-10-39-40(25-36)53(55)43(49-39)30-13-21-58-22-14-30/h3-10,12,16,23-25,27,30,55H,11,13-15,17-22,26,28H2,1-2H3,(H,47,48)(H,50,54). The number of anilines is 1. The van der Waals surface area contributed by atoms with Crippen LogP contribution in [0.15, 0.2) is 95.7 Å². The molecular formula is C45H48ClN7O6S. The summed E-state index contributed by atoms with van der Waals surface area (Å²) in [5, 5.41) is 12.6. The molecule has 9 rings (SSSR count). The van der Waals surface area contributed by atoms with Gasteiger partial charge in [-0.25, -0.2) is 23.1 Å². The number of H-pyrrole nitrogens is 1. The Morgan fingerprint density at radius 2 is 1.80 bits per heavy atom. The van der Waals surface area contributed by atoms with Gasteiger partial charge in [-0.2, -0.15) is 4.73 Å². The first-order valence-corrected chi connectivity index (χ1v) is 22.3. The van der Waals surface area contributed by atoms with Gasteiger partial charge in [-0.1, -0.05) is 43.2 Å². The predicted octanol–water partition coefficient (Wildman–Crippen LogP) is 8.39. The molecule has 2 saturated heterocycles. The number of aromatic nitrogens is 4. The van der Waals surface area contributed by atoms with E-state index in [0.29, 0.717) is 48.8 Å². The number of piperazine rings is 1. The Morgan fingerprint density at radius 1 is 1.02 bits per heavy atom. The number of carbonyl (C=O) groups is 1. The van der Waals surface area contributed by atoms with Crippen LogP contribution in [-0.4, -0.2) is 90.1 Å². The van der Waals surface area contributed by atoms with Crippen molar-refractivity contribution >= 4 is 60.9 Å². The Morgan fingerprint density at radius 3 is 2.58 bits per heavy atom. The molecule has 2 fully saturated rings. The van der Waals surface area contributed by atoms with Crippen molar-refractivity contribution in [1.29, 1.82) is 0 Å². The van der Waals surface area contributed by atoms with E-state index in [1.165, 1.54) is 34.9 Å². The average Bonchev–Trinajstić information content (AvgIpc) is 3.85.